The molecule has 3 aromatic rings. The minimum atomic E-state index is -0.699. The van der Waals surface area contributed by atoms with Crippen molar-refractivity contribution in [3.8, 4) is 5.75 Å². The first-order valence-electron chi connectivity index (χ1n) is 7.44. The van der Waals surface area contributed by atoms with Crippen LogP contribution in [0.1, 0.15) is 6.92 Å². The summed E-state index contributed by atoms with van der Waals surface area (Å²) in [4.78, 5) is 12.3. The summed E-state index contributed by atoms with van der Waals surface area (Å²) in [6.07, 6.45) is -0.699. The van der Waals surface area contributed by atoms with E-state index in [1.54, 1.807) is 25.1 Å². The fourth-order valence-corrected chi connectivity index (χ4v) is 2.78. The van der Waals surface area contributed by atoms with Crippen LogP contribution in [0, 0.1) is 0 Å². The molecule has 0 spiro atoms. The van der Waals surface area contributed by atoms with Gasteiger partial charge in [-0.25, -0.2) is 0 Å². The number of halogens is 2. The van der Waals surface area contributed by atoms with E-state index in [0.717, 1.165) is 16.5 Å². The van der Waals surface area contributed by atoms with E-state index in [-0.39, 0.29) is 5.91 Å². The summed E-state index contributed by atoms with van der Waals surface area (Å²) < 4.78 is 5.62. The summed E-state index contributed by atoms with van der Waals surface area (Å²) in [5.74, 6) is 0.165. The van der Waals surface area contributed by atoms with Crippen molar-refractivity contribution in [2.45, 2.75) is 13.0 Å². The van der Waals surface area contributed by atoms with Gasteiger partial charge in [0.15, 0.2) is 6.10 Å². The summed E-state index contributed by atoms with van der Waals surface area (Å²) in [6, 6.07) is 18.6. The lowest BCUT2D eigenvalue weighted by Crippen LogP contribution is -2.30. The van der Waals surface area contributed by atoms with Crippen LogP contribution in [0.3, 0.4) is 0 Å². The molecule has 0 radical (unpaired) electrons. The number of hydrogen-bond donors (Lipinski definition) is 1. The van der Waals surface area contributed by atoms with E-state index >= 15 is 0 Å². The molecular formula is C19H15Cl2NO2. The van der Waals surface area contributed by atoms with Gasteiger partial charge in [-0.3, -0.25) is 4.79 Å². The van der Waals surface area contributed by atoms with Crippen molar-refractivity contribution in [2.24, 2.45) is 0 Å². The summed E-state index contributed by atoms with van der Waals surface area (Å²) in [5, 5.41) is 5.91. The van der Waals surface area contributed by atoms with Gasteiger partial charge in [0, 0.05) is 10.7 Å². The van der Waals surface area contributed by atoms with Crippen molar-refractivity contribution in [1.82, 2.24) is 0 Å². The number of fused-ring (bicyclic) bond motifs is 1. The van der Waals surface area contributed by atoms with Crippen molar-refractivity contribution in [3.63, 3.8) is 0 Å². The Morgan fingerprint density at radius 2 is 1.75 bits per heavy atom. The molecule has 1 amide bonds. The van der Waals surface area contributed by atoms with Crippen molar-refractivity contribution in [2.75, 3.05) is 5.32 Å². The summed E-state index contributed by atoms with van der Waals surface area (Å²) >= 11 is 11.9. The van der Waals surface area contributed by atoms with Gasteiger partial charge in [-0.1, -0.05) is 53.5 Å². The second-order valence-electron chi connectivity index (χ2n) is 5.39. The van der Waals surface area contributed by atoms with Gasteiger partial charge in [0.1, 0.15) is 5.75 Å². The standard InChI is InChI=1S/C19H15Cl2NO2/c1-12(24-18-9-7-15(20)11-17(18)21)19(23)22-16-8-6-13-4-2-3-5-14(13)10-16/h2-12H,1H3,(H,22,23)/t12-/m0/s1. The number of ether oxygens (including phenoxy) is 1. The molecule has 0 unspecified atom stereocenters. The SMILES string of the molecule is C[C@H](Oc1ccc(Cl)cc1Cl)C(=O)Nc1ccc2ccccc2c1. The Balaban J connectivity index is 1.70. The van der Waals surface area contributed by atoms with E-state index in [0.29, 0.717) is 15.8 Å². The van der Waals surface area contributed by atoms with Crippen LogP contribution < -0.4 is 10.1 Å². The summed E-state index contributed by atoms with van der Waals surface area (Å²) in [6.45, 7) is 1.67. The molecular weight excluding hydrogens is 345 g/mol. The summed E-state index contributed by atoms with van der Waals surface area (Å²) in [5.41, 5.74) is 0.719. The Kier molecular flexibility index (Phi) is 4.93. The number of hydrogen-bond acceptors (Lipinski definition) is 2. The zero-order valence-corrected chi connectivity index (χ0v) is 14.4. The minimum absolute atomic E-state index is 0.253. The van der Waals surface area contributed by atoms with Gasteiger partial charge in [0.05, 0.1) is 5.02 Å². The number of anilines is 1. The second-order valence-corrected chi connectivity index (χ2v) is 6.23. The van der Waals surface area contributed by atoms with E-state index in [9.17, 15) is 4.79 Å². The number of benzene rings is 3. The van der Waals surface area contributed by atoms with Gasteiger partial charge in [0.2, 0.25) is 0 Å². The van der Waals surface area contributed by atoms with Crippen molar-refractivity contribution in [1.29, 1.82) is 0 Å². The largest absolute Gasteiger partial charge is 0.479 e. The molecule has 1 N–H and O–H groups in total. The van der Waals surface area contributed by atoms with Gasteiger partial charge < -0.3 is 10.1 Å². The third-order valence-corrected chi connectivity index (χ3v) is 4.11. The second kappa shape index (κ2) is 7.12. The number of nitrogens with one attached hydrogen (secondary N) is 1. The molecule has 0 fully saturated rings. The highest BCUT2D eigenvalue weighted by molar-refractivity contribution is 6.35. The smallest absolute Gasteiger partial charge is 0.265 e. The molecule has 3 nitrogen and oxygen atoms in total. The highest BCUT2D eigenvalue weighted by Crippen LogP contribution is 2.28. The Morgan fingerprint density at radius 3 is 2.50 bits per heavy atom. The maximum atomic E-state index is 12.3. The average Bonchev–Trinajstić information content (AvgIpc) is 2.57. The fraction of sp³-hybridized carbons (Fsp3) is 0.105. The van der Waals surface area contributed by atoms with Crippen LogP contribution in [0.25, 0.3) is 10.8 Å². The fourth-order valence-electron chi connectivity index (χ4n) is 2.33. The Bertz CT molecular complexity index is 895. The Morgan fingerprint density at radius 1 is 1.00 bits per heavy atom. The van der Waals surface area contributed by atoms with Crippen molar-refractivity contribution in [3.05, 3.63) is 70.7 Å². The molecule has 3 rings (SSSR count). The minimum Gasteiger partial charge on any atom is -0.479 e. The van der Waals surface area contributed by atoms with Gasteiger partial charge in [-0.05, 0) is 48.0 Å². The van der Waals surface area contributed by atoms with E-state index in [1.807, 2.05) is 42.5 Å². The number of rotatable bonds is 4. The van der Waals surface area contributed by atoms with E-state index < -0.39 is 6.10 Å². The third kappa shape index (κ3) is 3.81. The molecule has 0 aromatic heterocycles. The molecule has 3 aromatic carbocycles. The molecule has 0 bridgehead atoms. The Labute approximate surface area is 150 Å². The maximum absolute atomic E-state index is 12.3. The number of carbonyl (C=O) groups excluding carboxylic acids is 1. The van der Waals surface area contributed by atoms with Crippen LogP contribution in [-0.4, -0.2) is 12.0 Å². The third-order valence-electron chi connectivity index (χ3n) is 3.58. The Hall–Kier alpha value is -2.23. The molecule has 0 aliphatic rings. The molecule has 0 saturated heterocycles. The van der Waals surface area contributed by atoms with Crippen molar-refractivity contribution < 1.29 is 9.53 Å². The van der Waals surface area contributed by atoms with Crippen LogP contribution in [0.4, 0.5) is 5.69 Å². The van der Waals surface area contributed by atoms with Crippen LogP contribution in [-0.2, 0) is 4.79 Å². The van der Waals surface area contributed by atoms with Gasteiger partial charge in [-0.2, -0.15) is 0 Å². The highest BCUT2D eigenvalue weighted by Gasteiger charge is 2.16. The molecule has 24 heavy (non-hydrogen) atoms. The number of amides is 1. The quantitative estimate of drug-likeness (QED) is 0.662. The molecule has 5 heteroatoms. The molecule has 0 aliphatic heterocycles. The predicted molar refractivity (Wildman–Crippen MR) is 99.1 cm³/mol. The van der Waals surface area contributed by atoms with Gasteiger partial charge in [0.25, 0.3) is 5.91 Å². The molecule has 1 atom stereocenters. The normalized spacial score (nSPS) is 12.0. The van der Waals surface area contributed by atoms with Crippen LogP contribution >= 0.6 is 23.2 Å². The average molecular weight is 360 g/mol. The molecule has 0 aliphatic carbocycles. The zero-order valence-electron chi connectivity index (χ0n) is 12.9. The predicted octanol–water partition coefficient (Wildman–Crippen LogP) is 5.55. The van der Waals surface area contributed by atoms with E-state index in [4.69, 9.17) is 27.9 Å². The van der Waals surface area contributed by atoms with Crippen LogP contribution in [0.5, 0.6) is 5.75 Å². The van der Waals surface area contributed by atoms with Crippen molar-refractivity contribution >= 4 is 45.6 Å². The zero-order chi connectivity index (χ0) is 17.1. The number of carbonyl (C=O) groups is 1. The maximum Gasteiger partial charge on any atom is 0.265 e. The van der Waals surface area contributed by atoms with E-state index in [2.05, 4.69) is 5.32 Å². The molecule has 0 heterocycles. The molecule has 122 valence electrons. The molecule has 0 saturated carbocycles. The first kappa shape index (κ1) is 16.6. The first-order chi connectivity index (χ1) is 11.5. The van der Waals surface area contributed by atoms with Gasteiger partial charge in [-0.15, -0.1) is 0 Å². The lowest BCUT2D eigenvalue weighted by molar-refractivity contribution is -0.122. The first-order valence-corrected chi connectivity index (χ1v) is 8.20. The highest BCUT2D eigenvalue weighted by atomic mass is 35.5. The topological polar surface area (TPSA) is 38.3 Å². The van der Waals surface area contributed by atoms with Crippen LogP contribution in [0.2, 0.25) is 10.0 Å². The lowest BCUT2D eigenvalue weighted by Gasteiger charge is -2.16. The lowest BCUT2D eigenvalue weighted by atomic mass is 10.1. The monoisotopic (exact) mass is 359 g/mol. The van der Waals surface area contributed by atoms with E-state index in [1.165, 1.54) is 0 Å². The summed E-state index contributed by atoms with van der Waals surface area (Å²) in [7, 11) is 0. The van der Waals surface area contributed by atoms with Crippen LogP contribution in [0.15, 0.2) is 60.7 Å². The van der Waals surface area contributed by atoms with Gasteiger partial charge >= 0.3 is 0 Å².